The van der Waals surface area contributed by atoms with Gasteiger partial charge in [0.1, 0.15) is 0 Å². The van der Waals surface area contributed by atoms with Crippen molar-refractivity contribution in [3.8, 4) is 0 Å². The van der Waals surface area contributed by atoms with Gasteiger partial charge in [0, 0.05) is 35.3 Å². The molecule has 1 heterocycles. The first-order valence-electron chi connectivity index (χ1n) is 6.15. The van der Waals surface area contributed by atoms with Crippen LogP contribution in [0.25, 0.3) is 6.08 Å². The minimum absolute atomic E-state index is 0.107. The Kier molecular flexibility index (Phi) is 4.84. The van der Waals surface area contributed by atoms with Crippen molar-refractivity contribution in [2.75, 3.05) is 5.88 Å². The van der Waals surface area contributed by atoms with Crippen LogP contribution in [0.15, 0.2) is 42.7 Å². The molecule has 0 bridgehead atoms. The number of hydrogen-bond acceptors (Lipinski definition) is 4. The van der Waals surface area contributed by atoms with Gasteiger partial charge in [0.15, 0.2) is 5.78 Å². The molecule has 0 fully saturated rings. The van der Waals surface area contributed by atoms with Crippen molar-refractivity contribution in [3.63, 3.8) is 0 Å². The van der Waals surface area contributed by atoms with Crippen LogP contribution in [0.1, 0.15) is 15.9 Å². The number of carbonyl (C=O) groups excluding carboxylic acids is 1. The van der Waals surface area contributed by atoms with Crippen LogP contribution in [0.2, 0.25) is 0 Å². The van der Waals surface area contributed by atoms with Gasteiger partial charge in [-0.15, -0.1) is 11.6 Å². The summed E-state index contributed by atoms with van der Waals surface area (Å²) in [4.78, 5) is 22.1. The Morgan fingerprint density at radius 1 is 1.48 bits per heavy atom. The molecule has 0 spiro atoms. The van der Waals surface area contributed by atoms with E-state index in [4.69, 9.17) is 11.6 Å². The Bertz CT molecular complexity index is 694. The molecule has 0 atom stereocenters. The predicted octanol–water partition coefficient (Wildman–Crippen LogP) is 2.93. The molecule has 0 N–H and O–H groups in total. The second-order valence-corrected chi connectivity index (χ2v) is 4.61. The molecule has 1 aromatic heterocycles. The van der Waals surface area contributed by atoms with Gasteiger partial charge in [0.25, 0.3) is 5.69 Å². The molecule has 0 radical (unpaired) electrons. The van der Waals surface area contributed by atoms with Crippen molar-refractivity contribution < 1.29 is 9.72 Å². The third-order valence-electron chi connectivity index (χ3n) is 2.74. The third-order valence-corrected chi connectivity index (χ3v) is 2.90. The van der Waals surface area contributed by atoms with Gasteiger partial charge >= 0.3 is 0 Å². The van der Waals surface area contributed by atoms with Gasteiger partial charge < -0.3 is 0 Å². The Hall–Kier alpha value is -2.47. The van der Waals surface area contributed by atoms with Gasteiger partial charge in [-0.1, -0.05) is 12.1 Å². The molecular weight excluding hydrogens is 294 g/mol. The van der Waals surface area contributed by atoms with E-state index >= 15 is 0 Å². The number of rotatable bonds is 6. The molecular formula is C14H12ClN3O3. The average Bonchev–Trinajstić information content (AvgIpc) is 2.93. The van der Waals surface area contributed by atoms with E-state index in [1.807, 2.05) is 0 Å². The summed E-state index contributed by atoms with van der Waals surface area (Å²) in [7, 11) is 0. The third kappa shape index (κ3) is 4.00. The molecule has 0 amide bonds. The van der Waals surface area contributed by atoms with Crippen molar-refractivity contribution in [2.45, 2.75) is 6.54 Å². The number of allylic oxidation sites excluding steroid dienone is 1. The second-order valence-electron chi connectivity index (χ2n) is 4.23. The lowest BCUT2D eigenvalue weighted by atomic mass is 10.1. The summed E-state index contributed by atoms with van der Waals surface area (Å²) >= 11 is 5.61. The lowest BCUT2D eigenvalue weighted by Crippen LogP contribution is -1.98. The van der Waals surface area contributed by atoms with E-state index in [0.29, 0.717) is 12.4 Å². The number of halogens is 1. The fraction of sp³-hybridized carbons (Fsp3) is 0.143. The van der Waals surface area contributed by atoms with Crippen molar-refractivity contribution in [3.05, 3.63) is 64.0 Å². The Balaban J connectivity index is 2.11. The largest absolute Gasteiger partial charge is 0.289 e. The Labute approximate surface area is 125 Å². The van der Waals surface area contributed by atoms with Crippen molar-refractivity contribution >= 4 is 29.1 Å². The molecule has 0 unspecified atom stereocenters. The number of benzene rings is 1. The molecule has 0 saturated carbocycles. The quantitative estimate of drug-likeness (QED) is 0.270. The number of aryl methyl sites for hydroxylation is 1. The van der Waals surface area contributed by atoms with Gasteiger partial charge in [0.05, 0.1) is 17.7 Å². The summed E-state index contributed by atoms with van der Waals surface area (Å²) in [6, 6.07) is 5.62. The molecule has 2 rings (SSSR count). The highest BCUT2D eigenvalue weighted by Gasteiger charge is 2.09. The van der Waals surface area contributed by atoms with Gasteiger partial charge in [-0.2, -0.15) is 5.10 Å². The molecule has 7 heteroatoms. The summed E-state index contributed by atoms with van der Waals surface area (Å²) < 4.78 is 1.67. The minimum Gasteiger partial charge on any atom is -0.289 e. The van der Waals surface area contributed by atoms with Gasteiger partial charge in [-0.25, -0.2) is 0 Å². The number of carbonyl (C=O) groups is 1. The molecule has 0 saturated heterocycles. The first-order valence-corrected chi connectivity index (χ1v) is 6.69. The van der Waals surface area contributed by atoms with Crippen molar-refractivity contribution in [2.24, 2.45) is 0 Å². The summed E-state index contributed by atoms with van der Waals surface area (Å²) in [5.41, 5.74) is 0.927. The van der Waals surface area contributed by atoms with Crippen LogP contribution >= 0.6 is 11.6 Å². The van der Waals surface area contributed by atoms with Gasteiger partial charge in [0.2, 0.25) is 0 Å². The highest BCUT2D eigenvalue weighted by molar-refractivity contribution is 6.17. The zero-order chi connectivity index (χ0) is 15.2. The first-order chi connectivity index (χ1) is 10.1. The fourth-order valence-electron chi connectivity index (χ4n) is 1.72. The molecule has 6 nitrogen and oxygen atoms in total. The predicted molar refractivity (Wildman–Crippen MR) is 79.4 cm³/mol. The van der Waals surface area contributed by atoms with Crippen LogP contribution in [0.4, 0.5) is 5.69 Å². The molecule has 2 aromatic rings. The number of nitro benzene ring substituents is 1. The number of nitrogens with zero attached hydrogens (tertiary/aromatic N) is 3. The van der Waals surface area contributed by atoms with Crippen LogP contribution in [-0.2, 0) is 6.54 Å². The topological polar surface area (TPSA) is 78.0 Å². The highest BCUT2D eigenvalue weighted by Crippen LogP contribution is 2.14. The number of alkyl halides is 1. The summed E-state index contributed by atoms with van der Waals surface area (Å²) in [5, 5.41) is 14.7. The second kappa shape index (κ2) is 6.81. The molecule has 108 valence electrons. The van der Waals surface area contributed by atoms with E-state index in [2.05, 4.69) is 5.10 Å². The summed E-state index contributed by atoms with van der Waals surface area (Å²) in [6.45, 7) is 0.591. The smallest absolute Gasteiger partial charge is 0.270 e. The maximum absolute atomic E-state index is 12.0. The SMILES string of the molecule is O=C(C=Cc1cnn(CCCl)c1)c1cccc([N+](=O)[O-])c1. The number of ketones is 1. The van der Waals surface area contributed by atoms with E-state index in [1.54, 1.807) is 23.2 Å². The zero-order valence-electron chi connectivity index (χ0n) is 11.0. The highest BCUT2D eigenvalue weighted by atomic mass is 35.5. The van der Waals surface area contributed by atoms with E-state index in [-0.39, 0.29) is 17.0 Å². The van der Waals surface area contributed by atoms with Crippen LogP contribution in [0.3, 0.4) is 0 Å². The minimum atomic E-state index is -0.531. The number of hydrogen-bond donors (Lipinski definition) is 0. The van der Waals surface area contributed by atoms with Crippen LogP contribution < -0.4 is 0 Å². The number of non-ortho nitro benzene ring substituents is 1. The van der Waals surface area contributed by atoms with E-state index in [0.717, 1.165) is 5.56 Å². The van der Waals surface area contributed by atoms with E-state index < -0.39 is 4.92 Å². The van der Waals surface area contributed by atoms with Crippen molar-refractivity contribution in [1.82, 2.24) is 9.78 Å². The Morgan fingerprint density at radius 2 is 2.29 bits per heavy atom. The normalized spacial score (nSPS) is 10.9. The molecule has 1 aromatic carbocycles. The fourth-order valence-corrected chi connectivity index (χ4v) is 1.89. The lowest BCUT2D eigenvalue weighted by molar-refractivity contribution is -0.384. The zero-order valence-corrected chi connectivity index (χ0v) is 11.7. The summed E-state index contributed by atoms with van der Waals surface area (Å²) in [5.74, 6) is 0.154. The monoisotopic (exact) mass is 305 g/mol. The average molecular weight is 306 g/mol. The maximum atomic E-state index is 12.0. The standard InChI is InChI=1S/C14H12ClN3O3/c15-6-7-17-10-11(9-16-17)4-5-14(19)12-2-1-3-13(8-12)18(20)21/h1-5,8-10H,6-7H2. The number of aromatic nitrogens is 2. The maximum Gasteiger partial charge on any atom is 0.270 e. The lowest BCUT2D eigenvalue weighted by Gasteiger charge is -1.96. The van der Waals surface area contributed by atoms with Crippen molar-refractivity contribution in [1.29, 1.82) is 0 Å². The van der Waals surface area contributed by atoms with Gasteiger partial charge in [-0.3, -0.25) is 19.6 Å². The van der Waals surface area contributed by atoms with E-state index in [1.165, 1.54) is 30.3 Å². The molecule has 0 aliphatic rings. The molecule has 21 heavy (non-hydrogen) atoms. The van der Waals surface area contributed by atoms with Crippen LogP contribution in [-0.4, -0.2) is 26.4 Å². The summed E-state index contributed by atoms with van der Waals surface area (Å²) in [6.07, 6.45) is 6.35. The first kappa shape index (κ1) is 14.9. The molecule has 0 aliphatic carbocycles. The Morgan fingerprint density at radius 3 is 3.00 bits per heavy atom. The van der Waals surface area contributed by atoms with Gasteiger partial charge in [-0.05, 0) is 12.2 Å². The van der Waals surface area contributed by atoms with Crippen LogP contribution in [0, 0.1) is 10.1 Å². The van der Waals surface area contributed by atoms with E-state index in [9.17, 15) is 14.9 Å². The van der Waals surface area contributed by atoms with Crippen LogP contribution in [0.5, 0.6) is 0 Å². The number of nitro groups is 1. The molecule has 0 aliphatic heterocycles.